The van der Waals surface area contributed by atoms with Gasteiger partial charge in [-0.15, -0.1) is 0 Å². The molecule has 69 heavy (non-hydrogen) atoms. The molecule has 0 aromatic heterocycles. The van der Waals surface area contributed by atoms with Gasteiger partial charge in [-0.1, -0.05) is 54.6 Å². The van der Waals surface area contributed by atoms with Crippen LogP contribution in [0.15, 0.2) is 78.9 Å². The Morgan fingerprint density at radius 1 is 0.638 bits per heavy atom. The number of carbonyl (C=O) groups excluding carboxylic acids is 6. The van der Waals surface area contributed by atoms with Crippen LogP contribution in [0.25, 0.3) is 0 Å². The molecule has 3 aromatic rings. The number of fused-ring (bicyclic) bond motifs is 2. The van der Waals surface area contributed by atoms with Crippen LogP contribution in [0, 0.1) is 23.7 Å². The topological polar surface area (TPSA) is 245 Å². The van der Waals surface area contributed by atoms with Crippen LogP contribution in [0.2, 0.25) is 0 Å². The zero-order valence-electron chi connectivity index (χ0n) is 40.6. The van der Waals surface area contributed by atoms with Gasteiger partial charge in [-0.05, 0) is 95.3 Å². The predicted octanol–water partition coefficient (Wildman–Crippen LogP) is 3.58. The monoisotopic (exact) mass is 1060 g/mol. The molecule has 4 heterocycles. The van der Waals surface area contributed by atoms with Crippen LogP contribution >= 0.6 is 0 Å². The maximum atomic E-state index is 13.8. The van der Waals surface area contributed by atoms with E-state index in [4.69, 9.17) is 38.3 Å². The predicted molar refractivity (Wildman–Crippen MR) is 244 cm³/mol. The molecule has 4 aliphatic heterocycles. The zero-order chi connectivity index (χ0) is 49.3. The van der Waals surface area contributed by atoms with Crippen LogP contribution in [0.5, 0.6) is 11.5 Å². The van der Waals surface area contributed by atoms with E-state index in [0.29, 0.717) is 31.1 Å². The molecule has 2 amide bonds. The van der Waals surface area contributed by atoms with E-state index in [9.17, 15) is 33.9 Å². The number of rotatable bonds is 15. The molecule has 0 spiro atoms. The molecule has 0 unspecified atom stereocenters. The van der Waals surface area contributed by atoms with Crippen molar-refractivity contribution >= 4 is 35.7 Å². The third kappa shape index (κ3) is 12.3. The Labute approximate surface area is 416 Å². The number of methoxy groups -OCH3 is 2. The standard InChI is InChI=1S/C28H33NO7.C21H27NO7.CH4O.H2O.Pd/c1-27(2,3)36-26(32)28-23(18-35-25(28)31)22(14-15-34-17-20-8-6-5-7-9-20)24(30)29(28)16-19-10-12-21(33-4)13-11-19;1-20(2,3)29-19(26)21-16(12-28-18(21)25)15(9-10-23)17(24)22(21)11-13-5-7-14(27-4)8-6-13;1-2;;/h5-13,22-23H,14-18H2,1-4H3;5-8,15-16,23H,9-12H2,1-4H3;2H,1H3;1H2;/t22-,23-,28+;15-,16-,21+;;;/m11.../s1. The summed E-state index contributed by atoms with van der Waals surface area (Å²) in [6, 6.07) is 23.9. The third-order valence-corrected chi connectivity index (χ3v) is 12.0. The fraction of sp³-hybridized carbons (Fsp3) is 0.520. The van der Waals surface area contributed by atoms with Gasteiger partial charge in [0.25, 0.3) is 0 Å². The van der Waals surface area contributed by atoms with E-state index in [2.05, 4.69) is 0 Å². The Morgan fingerprint density at radius 2 is 1.03 bits per heavy atom. The van der Waals surface area contributed by atoms with Crippen molar-refractivity contribution in [1.29, 1.82) is 0 Å². The summed E-state index contributed by atoms with van der Waals surface area (Å²) in [4.78, 5) is 82.6. The third-order valence-electron chi connectivity index (χ3n) is 12.0. The van der Waals surface area contributed by atoms with Crippen molar-refractivity contribution in [2.24, 2.45) is 23.7 Å². The molecular weight excluding hydrogens is 991 g/mol. The number of hydrogen-bond acceptors (Lipinski definition) is 15. The summed E-state index contributed by atoms with van der Waals surface area (Å²) in [7, 11) is 4.12. The van der Waals surface area contributed by atoms with Crippen molar-refractivity contribution in [1.82, 2.24) is 9.80 Å². The number of aliphatic hydroxyl groups is 2. The number of aliphatic hydroxyl groups excluding tert-OH is 2. The number of amides is 2. The van der Waals surface area contributed by atoms with Crippen LogP contribution < -0.4 is 9.47 Å². The molecule has 0 radical (unpaired) electrons. The van der Waals surface area contributed by atoms with Crippen molar-refractivity contribution in [2.45, 2.75) is 96.4 Å². The zero-order valence-corrected chi connectivity index (χ0v) is 42.1. The number of cyclic esters (lactones) is 2. The van der Waals surface area contributed by atoms with E-state index in [1.807, 2.05) is 30.3 Å². The molecule has 0 aliphatic carbocycles. The van der Waals surface area contributed by atoms with Crippen molar-refractivity contribution in [3.63, 3.8) is 0 Å². The Bertz CT molecular complexity index is 2210. The fourth-order valence-corrected chi connectivity index (χ4v) is 9.02. The number of benzene rings is 3. The molecule has 0 bridgehead atoms. The summed E-state index contributed by atoms with van der Waals surface area (Å²) in [6.07, 6.45) is 0.500. The van der Waals surface area contributed by atoms with E-state index in [1.54, 1.807) is 104 Å². The molecule has 4 fully saturated rings. The van der Waals surface area contributed by atoms with Gasteiger partial charge in [0.05, 0.1) is 45.9 Å². The number of carbonyl (C=O) groups is 6. The van der Waals surface area contributed by atoms with Gasteiger partial charge in [0.2, 0.25) is 22.9 Å². The smallest absolute Gasteiger partial charge is 0.344 e. The Morgan fingerprint density at radius 3 is 1.39 bits per heavy atom. The van der Waals surface area contributed by atoms with Crippen LogP contribution in [0.1, 0.15) is 71.1 Å². The van der Waals surface area contributed by atoms with Crippen molar-refractivity contribution in [3.05, 3.63) is 95.6 Å². The molecule has 6 atom stereocenters. The fourth-order valence-electron chi connectivity index (χ4n) is 9.02. The first-order chi connectivity index (χ1) is 31.8. The molecular formula is C50H66N2O16Pd. The molecule has 18 nitrogen and oxygen atoms in total. The second-order valence-electron chi connectivity index (χ2n) is 18.5. The molecule has 3 aromatic carbocycles. The maximum Gasteiger partial charge on any atom is 0.344 e. The quantitative estimate of drug-likeness (QED) is 0.0727. The molecule has 19 heteroatoms. The Balaban J connectivity index is 0.000000350. The van der Waals surface area contributed by atoms with E-state index in [0.717, 1.165) is 23.8 Å². The number of hydrogen-bond donors (Lipinski definition) is 2. The van der Waals surface area contributed by atoms with Gasteiger partial charge < -0.3 is 58.6 Å². The molecule has 4 N–H and O–H groups in total. The van der Waals surface area contributed by atoms with Crippen molar-refractivity contribution < 1.29 is 98.0 Å². The summed E-state index contributed by atoms with van der Waals surface area (Å²) in [6.45, 7) is 10.8. The first kappa shape index (κ1) is 57.9. The van der Waals surface area contributed by atoms with E-state index < -0.39 is 69.8 Å². The SMILES string of the molecule is CO.COc1ccc(CN2C(=O)[C@H](CCO)[C@H]3COC(=O)[C@]32C(=O)OC(C)(C)C)cc1.COc1ccc(CN2C(=O)[C@H](CCOCc3ccccc3)[C@H]3COC(=O)[C@]32C(=O)OC(C)(C)C)cc1.O.[Pd]. The minimum atomic E-state index is -1.84. The summed E-state index contributed by atoms with van der Waals surface area (Å²) < 4.78 is 38.1. The van der Waals surface area contributed by atoms with E-state index in [1.165, 1.54) is 9.80 Å². The second-order valence-corrected chi connectivity index (χ2v) is 18.5. The average molecular weight is 1060 g/mol. The Hall–Kier alpha value is -5.42. The van der Waals surface area contributed by atoms with E-state index in [-0.39, 0.29) is 77.0 Å². The van der Waals surface area contributed by atoms with Gasteiger partial charge >= 0.3 is 23.9 Å². The number of ether oxygens (including phenoxy) is 7. The summed E-state index contributed by atoms with van der Waals surface area (Å²) in [5.41, 5.74) is -2.84. The molecule has 0 saturated carbocycles. The first-order valence-electron chi connectivity index (χ1n) is 22.2. The molecule has 382 valence electrons. The van der Waals surface area contributed by atoms with Crippen LogP contribution in [-0.4, -0.2) is 131 Å². The Kier molecular flexibility index (Phi) is 20.5. The van der Waals surface area contributed by atoms with Crippen LogP contribution in [-0.2, 0) is 92.6 Å². The maximum absolute atomic E-state index is 13.8. The first-order valence-corrected chi connectivity index (χ1v) is 22.2. The van der Waals surface area contributed by atoms with Gasteiger partial charge in [0, 0.05) is 65.7 Å². The van der Waals surface area contributed by atoms with Crippen LogP contribution in [0.4, 0.5) is 0 Å². The number of likely N-dealkylation sites (tertiary alicyclic amines) is 2. The van der Waals surface area contributed by atoms with Gasteiger partial charge in [-0.3, -0.25) is 9.59 Å². The van der Waals surface area contributed by atoms with Gasteiger partial charge in [0.1, 0.15) is 22.7 Å². The summed E-state index contributed by atoms with van der Waals surface area (Å²) >= 11 is 0. The van der Waals surface area contributed by atoms with Crippen molar-refractivity contribution in [2.75, 3.05) is 47.8 Å². The molecule has 4 aliphatic rings. The van der Waals surface area contributed by atoms with E-state index >= 15 is 0 Å². The molecule has 4 saturated heterocycles. The largest absolute Gasteiger partial charge is 0.497 e. The van der Waals surface area contributed by atoms with Crippen molar-refractivity contribution in [3.8, 4) is 11.5 Å². The minimum absolute atomic E-state index is 0. The van der Waals surface area contributed by atoms with Gasteiger partial charge in [-0.2, -0.15) is 0 Å². The normalized spacial score (nSPS) is 23.3. The number of nitrogens with zero attached hydrogens (tertiary/aromatic N) is 2. The van der Waals surface area contributed by atoms with Crippen LogP contribution in [0.3, 0.4) is 0 Å². The van der Waals surface area contributed by atoms with Gasteiger partial charge in [0.15, 0.2) is 0 Å². The van der Waals surface area contributed by atoms with Gasteiger partial charge in [-0.25, -0.2) is 19.2 Å². The minimum Gasteiger partial charge on any atom is -0.497 e. The summed E-state index contributed by atoms with van der Waals surface area (Å²) in [5.74, 6) is -5.06. The summed E-state index contributed by atoms with van der Waals surface area (Å²) in [5, 5.41) is 16.4. The number of esters is 4. The molecule has 7 rings (SSSR count). The average Bonchev–Trinajstić information content (AvgIpc) is 3.96. The second kappa shape index (κ2) is 24.4.